The summed E-state index contributed by atoms with van der Waals surface area (Å²) in [6, 6.07) is 0. The van der Waals surface area contributed by atoms with E-state index in [9.17, 15) is 4.79 Å². The molecule has 0 aromatic rings. The normalized spacial score (nSPS) is 20.2. The molecule has 142 valence electrons. The number of morpholine rings is 1. The number of ether oxygens (including phenoxy) is 2. The largest absolute Gasteiger partial charge is 0.379 e. The molecular formula is C18H37N3O3. The molecular weight excluding hydrogens is 306 g/mol. The molecule has 1 fully saturated rings. The Morgan fingerprint density at radius 1 is 1.21 bits per heavy atom. The van der Waals surface area contributed by atoms with E-state index in [1.54, 1.807) is 0 Å². The molecule has 1 atom stereocenters. The number of amides is 1. The molecule has 0 aliphatic carbocycles. The molecule has 0 spiro atoms. The second kappa shape index (κ2) is 9.70. The highest BCUT2D eigenvalue weighted by Gasteiger charge is 2.24. The zero-order valence-electron chi connectivity index (χ0n) is 16.4. The van der Waals surface area contributed by atoms with Crippen LogP contribution in [-0.2, 0) is 14.3 Å². The predicted octanol–water partition coefficient (Wildman–Crippen LogP) is 1.25. The first kappa shape index (κ1) is 21.4. The molecule has 24 heavy (non-hydrogen) atoms. The van der Waals surface area contributed by atoms with Gasteiger partial charge in [0.1, 0.15) is 0 Å². The van der Waals surface area contributed by atoms with E-state index in [-0.39, 0.29) is 23.0 Å². The minimum absolute atomic E-state index is 0.0626. The van der Waals surface area contributed by atoms with Gasteiger partial charge >= 0.3 is 0 Å². The van der Waals surface area contributed by atoms with Crippen LogP contribution in [0, 0.1) is 5.41 Å². The summed E-state index contributed by atoms with van der Waals surface area (Å²) >= 11 is 0. The lowest BCUT2D eigenvalue weighted by Gasteiger charge is -2.33. The molecule has 1 rings (SSSR count). The number of carbonyl (C=O) groups excluding carboxylic acids is 1. The molecule has 0 saturated carbocycles. The SMILES string of the molecule is CC(C)(C)NCCOCCN1CCOC(CNC(=O)C(C)(C)C)C1. The Labute approximate surface area is 147 Å². The van der Waals surface area contributed by atoms with Crippen LogP contribution in [0.3, 0.4) is 0 Å². The van der Waals surface area contributed by atoms with Crippen molar-refractivity contribution in [2.45, 2.75) is 53.2 Å². The van der Waals surface area contributed by atoms with Crippen LogP contribution >= 0.6 is 0 Å². The van der Waals surface area contributed by atoms with Gasteiger partial charge in [-0.2, -0.15) is 0 Å². The van der Waals surface area contributed by atoms with Crippen LogP contribution in [-0.4, -0.2) is 75.0 Å². The van der Waals surface area contributed by atoms with E-state index < -0.39 is 0 Å². The number of nitrogens with one attached hydrogen (secondary N) is 2. The Morgan fingerprint density at radius 2 is 1.92 bits per heavy atom. The van der Waals surface area contributed by atoms with Crippen molar-refractivity contribution in [3.63, 3.8) is 0 Å². The lowest BCUT2D eigenvalue weighted by atomic mass is 9.95. The van der Waals surface area contributed by atoms with Crippen LogP contribution in [0.4, 0.5) is 0 Å². The lowest BCUT2D eigenvalue weighted by molar-refractivity contribution is -0.129. The van der Waals surface area contributed by atoms with E-state index in [4.69, 9.17) is 9.47 Å². The average molecular weight is 344 g/mol. The average Bonchev–Trinajstić information content (AvgIpc) is 2.46. The number of nitrogens with zero attached hydrogens (tertiary/aromatic N) is 1. The Balaban J connectivity index is 2.14. The van der Waals surface area contributed by atoms with E-state index >= 15 is 0 Å². The van der Waals surface area contributed by atoms with Crippen molar-refractivity contribution in [1.82, 2.24) is 15.5 Å². The van der Waals surface area contributed by atoms with Gasteiger partial charge in [-0.3, -0.25) is 9.69 Å². The van der Waals surface area contributed by atoms with Gasteiger partial charge in [0, 0.05) is 43.7 Å². The smallest absolute Gasteiger partial charge is 0.225 e. The molecule has 0 aromatic heterocycles. The minimum Gasteiger partial charge on any atom is -0.379 e. The first-order valence-corrected chi connectivity index (χ1v) is 9.03. The molecule has 6 nitrogen and oxygen atoms in total. The summed E-state index contributed by atoms with van der Waals surface area (Å²) in [5.41, 5.74) is -0.221. The maximum Gasteiger partial charge on any atom is 0.225 e. The standard InChI is InChI=1S/C18H37N3O3/c1-17(2,3)16(22)19-13-15-14-21(9-12-24-15)8-11-23-10-7-20-18(4,5)6/h15,20H,7-14H2,1-6H3,(H,19,22). The molecule has 1 aliphatic rings. The second-order valence-corrected chi connectivity index (χ2v) is 8.54. The van der Waals surface area contributed by atoms with Crippen molar-refractivity contribution >= 4 is 5.91 Å². The molecule has 1 heterocycles. The summed E-state index contributed by atoms with van der Waals surface area (Å²) in [7, 11) is 0. The van der Waals surface area contributed by atoms with Crippen LogP contribution in [0.15, 0.2) is 0 Å². The van der Waals surface area contributed by atoms with Gasteiger partial charge in [0.25, 0.3) is 0 Å². The zero-order valence-corrected chi connectivity index (χ0v) is 16.4. The third kappa shape index (κ3) is 9.57. The summed E-state index contributed by atoms with van der Waals surface area (Å²) in [5.74, 6) is 0.0675. The van der Waals surface area contributed by atoms with Crippen molar-refractivity contribution in [1.29, 1.82) is 0 Å². The fraction of sp³-hybridized carbons (Fsp3) is 0.944. The van der Waals surface area contributed by atoms with Gasteiger partial charge in [-0.25, -0.2) is 0 Å². The van der Waals surface area contributed by atoms with Crippen molar-refractivity contribution in [2.24, 2.45) is 5.41 Å². The molecule has 2 N–H and O–H groups in total. The highest BCUT2D eigenvalue weighted by molar-refractivity contribution is 5.81. The van der Waals surface area contributed by atoms with E-state index in [1.165, 1.54) is 0 Å². The first-order chi connectivity index (χ1) is 11.1. The zero-order chi connectivity index (χ0) is 18.2. The van der Waals surface area contributed by atoms with Gasteiger partial charge in [0.2, 0.25) is 5.91 Å². The molecule has 1 saturated heterocycles. The van der Waals surface area contributed by atoms with Crippen LogP contribution in [0.2, 0.25) is 0 Å². The fourth-order valence-electron chi connectivity index (χ4n) is 2.37. The molecule has 0 aromatic carbocycles. The van der Waals surface area contributed by atoms with Crippen LogP contribution in [0.1, 0.15) is 41.5 Å². The van der Waals surface area contributed by atoms with Crippen LogP contribution in [0.25, 0.3) is 0 Å². The van der Waals surface area contributed by atoms with Gasteiger partial charge in [0.15, 0.2) is 0 Å². The fourth-order valence-corrected chi connectivity index (χ4v) is 2.37. The first-order valence-electron chi connectivity index (χ1n) is 9.03. The van der Waals surface area contributed by atoms with Crippen molar-refractivity contribution in [3.8, 4) is 0 Å². The van der Waals surface area contributed by atoms with E-state index in [0.717, 1.165) is 39.4 Å². The highest BCUT2D eigenvalue weighted by atomic mass is 16.5. The van der Waals surface area contributed by atoms with Crippen LogP contribution < -0.4 is 10.6 Å². The molecule has 0 bridgehead atoms. The van der Waals surface area contributed by atoms with Gasteiger partial charge in [0.05, 0.1) is 25.9 Å². The monoisotopic (exact) mass is 343 g/mol. The highest BCUT2D eigenvalue weighted by Crippen LogP contribution is 2.13. The van der Waals surface area contributed by atoms with Gasteiger partial charge in [-0.1, -0.05) is 20.8 Å². The predicted molar refractivity (Wildman–Crippen MR) is 97.2 cm³/mol. The Bertz CT molecular complexity index is 375. The van der Waals surface area contributed by atoms with Crippen molar-refractivity contribution in [2.75, 3.05) is 52.5 Å². The van der Waals surface area contributed by atoms with E-state index in [2.05, 4.69) is 36.3 Å². The summed E-state index contributed by atoms with van der Waals surface area (Å²) in [4.78, 5) is 14.3. The summed E-state index contributed by atoms with van der Waals surface area (Å²) in [5, 5.41) is 6.39. The Hall–Kier alpha value is -0.690. The van der Waals surface area contributed by atoms with E-state index in [0.29, 0.717) is 13.2 Å². The Morgan fingerprint density at radius 3 is 2.54 bits per heavy atom. The number of rotatable bonds is 8. The Kier molecular flexibility index (Phi) is 8.63. The second-order valence-electron chi connectivity index (χ2n) is 8.54. The van der Waals surface area contributed by atoms with Crippen molar-refractivity contribution < 1.29 is 14.3 Å². The quantitative estimate of drug-likeness (QED) is 0.650. The lowest BCUT2D eigenvalue weighted by Crippen LogP contribution is -2.49. The number of hydrogen-bond acceptors (Lipinski definition) is 5. The minimum atomic E-state index is -0.358. The topological polar surface area (TPSA) is 62.8 Å². The molecule has 6 heteroatoms. The number of hydrogen-bond donors (Lipinski definition) is 2. The maximum atomic E-state index is 11.9. The third-order valence-electron chi connectivity index (χ3n) is 3.85. The molecule has 0 radical (unpaired) electrons. The third-order valence-corrected chi connectivity index (χ3v) is 3.85. The van der Waals surface area contributed by atoms with Gasteiger partial charge < -0.3 is 20.1 Å². The summed E-state index contributed by atoms with van der Waals surface area (Å²) < 4.78 is 11.4. The molecule has 1 unspecified atom stereocenters. The van der Waals surface area contributed by atoms with Crippen molar-refractivity contribution in [3.05, 3.63) is 0 Å². The maximum absolute atomic E-state index is 11.9. The summed E-state index contributed by atoms with van der Waals surface area (Å²) in [6.07, 6.45) is 0.0626. The summed E-state index contributed by atoms with van der Waals surface area (Å²) in [6.45, 7) is 18.5. The number of carbonyl (C=O) groups is 1. The van der Waals surface area contributed by atoms with E-state index in [1.807, 2.05) is 20.8 Å². The van der Waals surface area contributed by atoms with Gasteiger partial charge in [-0.05, 0) is 20.8 Å². The molecule has 1 aliphatic heterocycles. The van der Waals surface area contributed by atoms with Crippen LogP contribution in [0.5, 0.6) is 0 Å². The molecule has 1 amide bonds. The van der Waals surface area contributed by atoms with Gasteiger partial charge in [-0.15, -0.1) is 0 Å².